The van der Waals surface area contributed by atoms with Gasteiger partial charge >= 0.3 is 0 Å². The number of tetrazole rings is 1. The lowest BCUT2D eigenvalue weighted by Gasteiger charge is -2.09. The molecule has 0 radical (unpaired) electrons. The molecular weight excluding hydrogens is 347 g/mol. The Bertz CT molecular complexity index is 918. The number of hydrogen-bond donors (Lipinski definition) is 2. The maximum atomic E-state index is 12.9. The van der Waals surface area contributed by atoms with Crippen LogP contribution in [0.2, 0.25) is 0 Å². The summed E-state index contributed by atoms with van der Waals surface area (Å²) >= 11 is 0. The molecule has 1 heterocycles. The molecule has 138 valence electrons. The lowest BCUT2D eigenvalue weighted by Crippen LogP contribution is -2.29. The number of halogens is 1. The van der Waals surface area contributed by atoms with Crippen LogP contribution in [0.4, 0.5) is 10.1 Å². The van der Waals surface area contributed by atoms with Gasteiger partial charge in [-0.15, -0.1) is 5.10 Å². The fourth-order valence-corrected chi connectivity index (χ4v) is 2.73. The van der Waals surface area contributed by atoms with Crippen molar-refractivity contribution in [2.24, 2.45) is 0 Å². The molecule has 0 unspecified atom stereocenters. The van der Waals surface area contributed by atoms with Gasteiger partial charge in [-0.3, -0.25) is 4.79 Å². The van der Waals surface area contributed by atoms with Gasteiger partial charge in [0.25, 0.3) is 0 Å². The van der Waals surface area contributed by atoms with E-state index in [-0.39, 0.29) is 18.3 Å². The van der Waals surface area contributed by atoms with Gasteiger partial charge in [0, 0.05) is 17.8 Å². The van der Waals surface area contributed by atoms with Crippen molar-refractivity contribution in [1.82, 2.24) is 25.5 Å². The number of rotatable bonds is 7. The van der Waals surface area contributed by atoms with Crippen molar-refractivity contribution in [3.05, 3.63) is 59.9 Å². The van der Waals surface area contributed by atoms with Gasteiger partial charge in [0.05, 0.1) is 12.6 Å². The predicted molar refractivity (Wildman–Crippen MR) is 98.3 cm³/mol. The maximum Gasteiger partial charge on any atom is 0.239 e. The SMILES string of the molecule is O=C(CNc1ccc(-c2nnnn2C2CC2)cc1)NCc1ccc(F)cc1. The normalized spacial score (nSPS) is 13.4. The average Bonchev–Trinajstić information content (AvgIpc) is 3.43. The summed E-state index contributed by atoms with van der Waals surface area (Å²) in [7, 11) is 0. The highest BCUT2D eigenvalue weighted by Gasteiger charge is 2.28. The first-order valence-corrected chi connectivity index (χ1v) is 8.82. The molecular formula is C19H19FN6O. The van der Waals surface area contributed by atoms with Gasteiger partial charge in [-0.05, 0) is 65.2 Å². The molecule has 1 aliphatic carbocycles. The van der Waals surface area contributed by atoms with Gasteiger partial charge in [0.1, 0.15) is 5.82 Å². The van der Waals surface area contributed by atoms with E-state index in [0.717, 1.165) is 35.5 Å². The summed E-state index contributed by atoms with van der Waals surface area (Å²) in [5, 5.41) is 17.8. The number of hydrogen-bond acceptors (Lipinski definition) is 5. The van der Waals surface area contributed by atoms with Crippen molar-refractivity contribution in [2.45, 2.75) is 25.4 Å². The van der Waals surface area contributed by atoms with Gasteiger partial charge in [-0.25, -0.2) is 9.07 Å². The van der Waals surface area contributed by atoms with E-state index in [1.54, 1.807) is 12.1 Å². The number of anilines is 1. The Morgan fingerprint density at radius 2 is 1.85 bits per heavy atom. The summed E-state index contributed by atoms with van der Waals surface area (Å²) < 4.78 is 14.7. The Labute approximate surface area is 155 Å². The summed E-state index contributed by atoms with van der Waals surface area (Å²) in [6.07, 6.45) is 2.23. The van der Waals surface area contributed by atoms with Crippen LogP contribution in [-0.2, 0) is 11.3 Å². The van der Waals surface area contributed by atoms with Crippen LogP contribution in [0.5, 0.6) is 0 Å². The molecule has 1 amide bonds. The van der Waals surface area contributed by atoms with E-state index in [2.05, 4.69) is 26.2 Å². The molecule has 1 fully saturated rings. The fourth-order valence-electron chi connectivity index (χ4n) is 2.73. The molecule has 0 aliphatic heterocycles. The van der Waals surface area contributed by atoms with E-state index < -0.39 is 0 Å². The summed E-state index contributed by atoms with van der Waals surface area (Å²) in [4.78, 5) is 12.0. The molecule has 1 aromatic heterocycles. The minimum Gasteiger partial charge on any atom is -0.376 e. The summed E-state index contributed by atoms with van der Waals surface area (Å²) in [5.74, 6) is 0.337. The number of amides is 1. The Kier molecular flexibility index (Phi) is 4.78. The third kappa shape index (κ3) is 4.28. The van der Waals surface area contributed by atoms with E-state index in [4.69, 9.17) is 0 Å². The summed E-state index contributed by atoms with van der Waals surface area (Å²) in [5.41, 5.74) is 2.63. The van der Waals surface area contributed by atoms with Crippen molar-refractivity contribution < 1.29 is 9.18 Å². The Balaban J connectivity index is 1.29. The molecule has 0 spiro atoms. The lowest BCUT2D eigenvalue weighted by molar-refractivity contribution is -0.119. The predicted octanol–water partition coefficient (Wildman–Crippen LogP) is 2.54. The number of nitrogens with zero attached hydrogens (tertiary/aromatic N) is 4. The highest BCUT2D eigenvalue weighted by molar-refractivity contribution is 5.80. The van der Waals surface area contributed by atoms with Crippen LogP contribution < -0.4 is 10.6 Å². The van der Waals surface area contributed by atoms with Crippen LogP contribution >= 0.6 is 0 Å². The zero-order chi connectivity index (χ0) is 18.6. The fraction of sp³-hybridized carbons (Fsp3) is 0.263. The van der Waals surface area contributed by atoms with Crippen LogP contribution in [-0.4, -0.2) is 32.7 Å². The molecule has 3 aromatic rings. The molecule has 7 nitrogen and oxygen atoms in total. The lowest BCUT2D eigenvalue weighted by atomic mass is 10.2. The van der Waals surface area contributed by atoms with Crippen LogP contribution in [0, 0.1) is 5.82 Å². The molecule has 1 saturated carbocycles. The first kappa shape index (κ1) is 17.1. The van der Waals surface area contributed by atoms with Crippen molar-refractivity contribution in [2.75, 3.05) is 11.9 Å². The Morgan fingerprint density at radius 3 is 2.56 bits per heavy atom. The topological polar surface area (TPSA) is 84.7 Å². The third-order valence-corrected chi connectivity index (χ3v) is 4.38. The minimum atomic E-state index is -0.290. The van der Waals surface area contributed by atoms with Crippen molar-refractivity contribution in [1.29, 1.82) is 0 Å². The molecule has 0 atom stereocenters. The first-order chi connectivity index (χ1) is 13.2. The van der Waals surface area contributed by atoms with Gasteiger partial charge in [-0.1, -0.05) is 12.1 Å². The monoisotopic (exact) mass is 366 g/mol. The Morgan fingerprint density at radius 1 is 1.11 bits per heavy atom. The molecule has 27 heavy (non-hydrogen) atoms. The van der Waals surface area contributed by atoms with E-state index in [1.165, 1.54) is 12.1 Å². The molecule has 2 N–H and O–H groups in total. The summed E-state index contributed by atoms with van der Waals surface area (Å²) in [6, 6.07) is 14.1. The molecule has 2 aromatic carbocycles. The second kappa shape index (κ2) is 7.53. The molecule has 0 saturated heterocycles. The molecule has 8 heteroatoms. The average molecular weight is 366 g/mol. The van der Waals surface area contributed by atoms with Crippen LogP contribution in [0.1, 0.15) is 24.4 Å². The number of nitrogens with one attached hydrogen (secondary N) is 2. The molecule has 1 aliphatic rings. The second-order valence-corrected chi connectivity index (χ2v) is 6.51. The van der Waals surface area contributed by atoms with Crippen molar-refractivity contribution in [3.63, 3.8) is 0 Å². The first-order valence-electron chi connectivity index (χ1n) is 8.82. The maximum absolute atomic E-state index is 12.9. The number of carbonyl (C=O) groups excluding carboxylic acids is 1. The largest absolute Gasteiger partial charge is 0.376 e. The molecule has 4 rings (SSSR count). The van der Waals surface area contributed by atoms with E-state index >= 15 is 0 Å². The minimum absolute atomic E-state index is 0.138. The second-order valence-electron chi connectivity index (χ2n) is 6.51. The summed E-state index contributed by atoms with van der Waals surface area (Å²) in [6.45, 7) is 0.518. The smallest absolute Gasteiger partial charge is 0.239 e. The van der Waals surface area contributed by atoms with Crippen LogP contribution in [0.15, 0.2) is 48.5 Å². The number of aromatic nitrogens is 4. The number of benzene rings is 2. The van der Waals surface area contributed by atoms with Gasteiger partial charge < -0.3 is 10.6 Å². The number of carbonyl (C=O) groups is 1. The van der Waals surface area contributed by atoms with Gasteiger partial charge in [-0.2, -0.15) is 0 Å². The van der Waals surface area contributed by atoms with Crippen LogP contribution in [0.3, 0.4) is 0 Å². The third-order valence-electron chi connectivity index (χ3n) is 4.38. The van der Waals surface area contributed by atoms with E-state index in [0.29, 0.717) is 12.6 Å². The zero-order valence-corrected chi connectivity index (χ0v) is 14.6. The Hall–Kier alpha value is -3.29. The molecule has 0 bridgehead atoms. The van der Waals surface area contributed by atoms with Gasteiger partial charge in [0.15, 0.2) is 5.82 Å². The highest BCUT2D eigenvalue weighted by atomic mass is 19.1. The van der Waals surface area contributed by atoms with E-state index in [1.807, 2.05) is 28.9 Å². The zero-order valence-electron chi connectivity index (χ0n) is 14.6. The van der Waals surface area contributed by atoms with Crippen LogP contribution in [0.25, 0.3) is 11.4 Å². The standard InChI is InChI=1S/C19H19FN6O/c20-15-5-1-13(2-6-15)11-22-18(27)12-21-16-7-3-14(4-8-16)19-23-24-25-26(19)17-9-10-17/h1-8,17,21H,9-12H2,(H,22,27). The van der Waals surface area contributed by atoms with Gasteiger partial charge in [0.2, 0.25) is 5.91 Å². The highest BCUT2D eigenvalue weighted by Crippen LogP contribution is 2.36. The van der Waals surface area contributed by atoms with E-state index in [9.17, 15) is 9.18 Å². The van der Waals surface area contributed by atoms with Crippen molar-refractivity contribution in [3.8, 4) is 11.4 Å². The van der Waals surface area contributed by atoms with Crippen molar-refractivity contribution >= 4 is 11.6 Å². The quantitative estimate of drug-likeness (QED) is 0.671.